The Labute approximate surface area is 149 Å². The van der Waals surface area contributed by atoms with Crippen molar-refractivity contribution in [1.29, 1.82) is 0 Å². The summed E-state index contributed by atoms with van der Waals surface area (Å²) in [5.41, 5.74) is 0.421. The molecule has 0 fully saturated rings. The molecule has 0 aromatic heterocycles. The lowest BCUT2D eigenvalue weighted by Crippen LogP contribution is -2.26. The van der Waals surface area contributed by atoms with Gasteiger partial charge in [-0.15, -0.1) is 0 Å². The van der Waals surface area contributed by atoms with Crippen LogP contribution >= 0.6 is 7.92 Å². The normalized spacial score (nSPS) is 12.4. The molecular weight excluding hydrogens is 327 g/mol. The molecule has 0 saturated carbocycles. The molecule has 2 nitrogen and oxygen atoms in total. The molecular formula is C22H19O2P. The third-order valence-corrected chi connectivity index (χ3v) is 6.53. The van der Waals surface area contributed by atoms with Gasteiger partial charge in [-0.2, -0.15) is 0 Å². The van der Waals surface area contributed by atoms with Gasteiger partial charge in [0.15, 0.2) is 0 Å². The molecule has 3 aromatic carbocycles. The fraction of sp³-hybridized carbons (Fsp3) is 0.0455. The summed E-state index contributed by atoms with van der Waals surface area (Å²) in [4.78, 5) is 12.1. The van der Waals surface area contributed by atoms with Crippen LogP contribution < -0.4 is 10.6 Å². The Morgan fingerprint density at radius 3 is 1.64 bits per heavy atom. The van der Waals surface area contributed by atoms with E-state index in [1.54, 1.807) is 0 Å². The van der Waals surface area contributed by atoms with E-state index in [0.717, 1.165) is 16.2 Å². The molecule has 3 heteroatoms. The summed E-state index contributed by atoms with van der Waals surface area (Å²) in [5.74, 6) is -0.800. The van der Waals surface area contributed by atoms with Gasteiger partial charge in [-0.1, -0.05) is 103 Å². The predicted octanol–water partition coefficient (Wildman–Crippen LogP) is 4.29. The van der Waals surface area contributed by atoms with Crippen LogP contribution in [0.3, 0.4) is 0 Å². The second-order valence-electron chi connectivity index (χ2n) is 5.59. The number of carbonyl (C=O) groups is 1. The summed E-state index contributed by atoms with van der Waals surface area (Å²) in [6.45, 7) is 0. The third kappa shape index (κ3) is 4.43. The van der Waals surface area contributed by atoms with Crippen LogP contribution in [0, 0.1) is 0 Å². The van der Waals surface area contributed by atoms with Gasteiger partial charge in [-0.3, -0.25) is 4.79 Å². The maximum atomic E-state index is 12.1. The van der Waals surface area contributed by atoms with Crippen LogP contribution in [0.25, 0.3) is 6.08 Å². The molecule has 25 heavy (non-hydrogen) atoms. The van der Waals surface area contributed by atoms with Crippen molar-refractivity contribution >= 4 is 30.6 Å². The summed E-state index contributed by atoms with van der Waals surface area (Å²) >= 11 is 0. The van der Waals surface area contributed by atoms with Gasteiger partial charge in [0, 0.05) is 0 Å². The van der Waals surface area contributed by atoms with Gasteiger partial charge in [-0.25, -0.2) is 0 Å². The Bertz CT molecular complexity index is 790. The molecule has 0 amide bonds. The fourth-order valence-electron chi connectivity index (χ4n) is 2.69. The highest BCUT2D eigenvalue weighted by Gasteiger charge is 2.28. The van der Waals surface area contributed by atoms with E-state index in [9.17, 15) is 9.90 Å². The zero-order chi connectivity index (χ0) is 17.5. The smallest absolute Gasteiger partial charge is 0.315 e. The van der Waals surface area contributed by atoms with Gasteiger partial charge in [0.2, 0.25) is 0 Å². The van der Waals surface area contributed by atoms with Gasteiger partial charge < -0.3 is 5.11 Å². The van der Waals surface area contributed by atoms with Gasteiger partial charge in [0.25, 0.3) is 0 Å². The van der Waals surface area contributed by atoms with E-state index >= 15 is 0 Å². The molecule has 1 unspecified atom stereocenters. The second kappa shape index (κ2) is 8.41. The average molecular weight is 346 g/mol. The molecule has 0 aliphatic heterocycles. The molecule has 3 aromatic rings. The highest BCUT2D eigenvalue weighted by Crippen LogP contribution is 2.40. The first-order valence-electron chi connectivity index (χ1n) is 8.11. The topological polar surface area (TPSA) is 37.3 Å². The molecule has 0 aliphatic rings. The van der Waals surface area contributed by atoms with Crippen LogP contribution in [0.5, 0.6) is 0 Å². The summed E-state index contributed by atoms with van der Waals surface area (Å²) in [5, 5.41) is 12.0. The molecule has 0 heterocycles. The van der Waals surface area contributed by atoms with Crippen molar-refractivity contribution in [2.45, 2.75) is 5.66 Å². The van der Waals surface area contributed by atoms with Crippen LogP contribution in [0.2, 0.25) is 0 Å². The quantitative estimate of drug-likeness (QED) is 0.676. The molecule has 0 saturated heterocycles. The zero-order valence-corrected chi connectivity index (χ0v) is 14.6. The fourth-order valence-corrected chi connectivity index (χ4v) is 5.10. The standard InChI is InChI=1S/C22H19O2P/c23-22(24)21(17-16-18-10-4-1-5-11-18)25(19-12-6-2-7-13-19)20-14-8-3-9-15-20/h1-17,21H,(H,23,24). The number of rotatable bonds is 6. The number of carboxylic acids is 1. The highest BCUT2D eigenvalue weighted by molar-refractivity contribution is 7.74. The lowest BCUT2D eigenvalue weighted by atomic mass is 10.2. The Balaban J connectivity index is 2.02. The Morgan fingerprint density at radius 2 is 1.20 bits per heavy atom. The van der Waals surface area contributed by atoms with Crippen LogP contribution in [-0.4, -0.2) is 16.7 Å². The lowest BCUT2D eigenvalue weighted by Gasteiger charge is -2.23. The average Bonchev–Trinajstić information content (AvgIpc) is 2.67. The van der Waals surface area contributed by atoms with Crippen LogP contribution in [0.1, 0.15) is 5.56 Å². The first-order chi connectivity index (χ1) is 12.3. The highest BCUT2D eigenvalue weighted by atomic mass is 31.1. The van der Waals surface area contributed by atoms with Crippen LogP contribution in [-0.2, 0) is 4.79 Å². The van der Waals surface area contributed by atoms with Crippen molar-refractivity contribution in [3.8, 4) is 0 Å². The molecule has 0 aliphatic carbocycles. The minimum Gasteiger partial charge on any atom is -0.481 e. The van der Waals surface area contributed by atoms with Crippen molar-refractivity contribution in [2.75, 3.05) is 0 Å². The van der Waals surface area contributed by atoms with E-state index in [1.165, 1.54) is 0 Å². The maximum Gasteiger partial charge on any atom is 0.315 e. The van der Waals surface area contributed by atoms with Crippen LogP contribution in [0.15, 0.2) is 97.1 Å². The second-order valence-corrected chi connectivity index (χ2v) is 7.92. The Morgan fingerprint density at radius 1 is 0.760 bits per heavy atom. The first kappa shape index (κ1) is 17.1. The molecule has 1 atom stereocenters. The van der Waals surface area contributed by atoms with E-state index < -0.39 is 19.5 Å². The molecule has 0 spiro atoms. The van der Waals surface area contributed by atoms with Crippen LogP contribution in [0.4, 0.5) is 0 Å². The Hall–Kier alpha value is -2.70. The summed E-state index contributed by atoms with van der Waals surface area (Å²) in [6, 6.07) is 29.7. The minimum atomic E-state index is -1.04. The van der Waals surface area contributed by atoms with E-state index in [0.29, 0.717) is 0 Å². The van der Waals surface area contributed by atoms with E-state index in [4.69, 9.17) is 0 Å². The molecule has 0 radical (unpaired) electrons. The number of aliphatic carboxylic acids is 1. The summed E-state index contributed by atoms with van der Waals surface area (Å²) in [6.07, 6.45) is 3.73. The van der Waals surface area contributed by atoms with Crippen molar-refractivity contribution in [1.82, 2.24) is 0 Å². The molecule has 1 N–H and O–H groups in total. The van der Waals surface area contributed by atoms with Gasteiger partial charge >= 0.3 is 5.97 Å². The van der Waals surface area contributed by atoms with Gasteiger partial charge in [0.1, 0.15) is 5.66 Å². The molecule has 0 bridgehead atoms. The predicted molar refractivity (Wildman–Crippen MR) is 106 cm³/mol. The minimum absolute atomic E-state index is 0.583. The summed E-state index contributed by atoms with van der Waals surface area (Å²) < 4.78 is 0. The molecule has 124 valence electrons. The van der Waals surface area contributed by atoms with Crippen molar-refractivity contribution in [3.05, 3.63) is 103 Å². The SMILES string of the molecule is O=C(O)C(C=Cc1ccccc1)P(c1ccccc1)c1ccccc1. The summed E-state index contributed by atoms with van der Waals surface area (Å²) in [7, 11) is -1.04. The van der Waals surface area contributed by atoms with Crippen molar-refractivity contribution in [2.24, 2.45) is 0 Å². The van der Waals surface area contributed by atoms with Crippen molar-refractivity contribution < 1.29 is 9.90 Å². The monoisotopic (exact) mass is 346 g/mol. The largest absolute Gasteiger partial charge is 0.481 e. The molecule has 3 rings (SSSR count). The maximum absolute atomic E-state index is 12.1. The van der Waals surface area contributed by atoms with E-state index in [2.05, 4.69) is 0 Å². The van der Waals surface area contributed by atoms with Gasteiger partial charge in [0.05, 0.1) is 0 Å². The number of carboxylic acid groups (broad SMARTS) is 1. The van der Waals surface area contributed by atoms with E-state index in [-0.39, 0.29) is 0 Å². The number of hydrogen-bond donors (Lipinski definition) is 1. The first-order valence-corrected chi connectivity index (χ1v) is 9.52. The number of benzene rings is 3. The van der Waals surface area contributed by atoms with E-state index in [1.807, 2.05) is 103 Å². The third-order valence-electron chi connectivity index (χ3n) is 3.87. The number of hydrogen-bond acceptors (Lipinski definition) is 1. The Kier molecular flexibility index (Phi) is 5.77. The van der Waals surface area contributed by atoms with Gasteiger partial charge in [-0.05, 0) is 24.1 Å². The lowest BCUT2D eigenvalue weighted by molar-refractivity contribution is -0.135. The zero-order valence-electron chi connectivity index (χ0n) is 13.7. The van der Waals surface area contributed by atoms with Crippen molar-refractivity contribution in [3.63, 3.8) is 0 Å².